The fourth-order valence-corrected chi connectivity index (χ4v) is 4.80. The van der Waals surface area contributed by atoms with E-state index in [9.17, 15) is 18.0 Å². The van der Waals surface area contributed by atoms with Gasteiger partial charge in [0.15, 0.2) is 5.13 Å². The van der Waals surface area contributed by atoms with Crippen LogP contribution < -0.4 is 4.90 Å². The summed E-state index contributed by atoms with van der Waals surface area (Å²) in [7, 11) is 0. The highest BCUT2D eigenvalue weighted by Crippen LogP contribution is 2.34. The van der Waals surface area contributed by atoms with Crippen LogP contribution in [0.15, 0.2) is 55.1 Å². The third kappa shape index (κ3) is 4.78. The van der Waals surface area contributed by atoms with E-state index in [1.165, 1.54) is 28.4 Å². The number of benzene rings is 2. The van der Waals surface area contributed by atoms with Crippen molar-refractivity contribution in [3.63, 3.8) is 0 Å². The molecule has 4 aromatic rings. The minimum atomic E-state index is -4.54. The summed E-state index contributed by atoms with van der Waals surface area (Å²) in [4.78, 5) is 23.4. The van der Waals surface area contributed by atoms with Gasteiger partial charge in [0.25, 0.3) is 5.91 Å². The van der Waals surface area contributed by atoms with E-state index in [4.69, 9.17) is 11.6 Å². The topological polar surface area (TPSA) is 51.0 Å². The number of halogens is 4. The molecule has 2 heterocycles. The number of carbonyl (C=O) groups is 1. The summed E-state index contributed by atoms with van der Waals surface area (Å²) in [6, 6.07) is 8.00. The van der Waals surface area contributed by atoms with Gasteiger partial charge in [0, 0.05) is 36.1 Å². The first-order valence-electron chi connectivity index (χ1n) is 9.74. The molecule has 0 radical (unpaired) electrons. The van der Waals surface area contributed by atoms with E-state index in [1.807, 2.05) is 17.7 Å². The van der Waals surface area contributed by atoms with Gasteiger partial charge in [-0.1, -0.05) is 29.0 Å². The minimum absolute atomic E-state index is 0.0449. The predicted octanol–water partition coefficient (Wildman–Crippen LogP) is 6.21. The third-order valence-electron chi connectivity index (χ3n) is 4.91. The summed E-state index contributed by atoms with van der Waals surface area (Å²) >= 11 is 7.44. The number of imidazole rings is 1. The molecule has 0 unspecified atom stereocenters. The van der Waals surface area contributed by atoms with Crippen molar-refractivity contribution in [3.05, 3.63) is 76.8 Å². The molecular weight excluding hydrogens is 461 g/mol. The molecule has 166 valence electrons. The Kier molecular flexibility index (Phi) is 6.21. The molecule has 0 atom stereocenters. The molecule has 0 saturated carbocycles. The second kappa shape index (κ2) is 8.91. The molecule has 0 aliphatic carbocycles. The Morgan fingerprint density at radius 2 is 2.06 bits per heavy atom. The maximum atomic E-state index is 13.3. The van der Waals surface area contributed by atoms with Crippen LogP contribution in [0.25, 0.3) is 10.2 Å². The van der Waals surface area contributed by atoms with Gasteiger partial charge in [0.1, 0.15) is 0 Å². The van der Waals surface area contributed by atoms with Crippen LogP contribution in [0.3, 0.4) is 0 Å². The van der Waals surface area contributed by atoms with Crippen LogP contribution in [0.2, 0.25) is 5.02 Å². The lowest BCUT2D eigenvalue weighted by Crippen LogP contribution is -2.32. The molecule has 10 heteroatoms. The van der Waals surface area contributed by atoms with Crippen LogP contribution in [-0.2, 0) is 12.7 Å². The van der Waals surface area contributed by atoms with Crippen molar-refractivity contribution >= 4 is 44.2 Å². The second-order valence-corrected chi connectivity index (χ2v) is 8.70. The Morgan fingerprint density at radius 3 is 2.78 bits per heavy atom. The molecule has 0 fully saturated rings. The van der Waals surface area contributed by atoms with Crippen LogP contribution >= 0.6 is 22.9 Å². The van der Waals surface area contributed by atoms with E-state index in [-0.39, 0.29) is 12.1 Å². The third-order valence-corrected chi connectivity index (χ3v) is 6.15. The Morgan fingerprint density at radius 1 is 1.25 bits per heavy atom. The first kappa shape index (κ1) is 22.3. The van der Waals surface area contributed by atoms with Crippen LogP contribution in [0, 0.1) is 6.92 Å². The molecule has 0 N–H and O–H groups in total. The summed E-state index contributed by atoms with van der Waals surface area (Å²) < 4.78 is 42.2. The number of alkyl halides is 3. The van der Waals surface area contributed by atoms with E-state index in [0.29, 0.717) is 28.6 Å². The van der Waals surface area contributed by atoms with E-state index < -0.39 is 17.6 Å². The van der Waals surface area contributed by atoms with Crippen molar-refractivity contribution < 1.29 is 18.0 Å². The SMILES string of the molecule is Cc1cc(Cl)cc2sc(N(CCCn3ccnc3)C(=O)c3cccc(C(F)(F)F)c3)nc12. The smallest absolute Gasteiger partial charge is 0.337 e. The number of anilines is 1. The van der Waals surface area contributed by atoms with Crippen molar-refractivity contribution in [1.29, 1.82) is 0 Å². The average molecular weight is 479 g/mol. The zero-order chi connectivity index (χ0) is 22.9. The molecule has 2 aromatic carbocycles. The molecule has 2 aromatic heterocycles. The van der Waals surface area contributed by atoms with Crippen LogP contribution in [-0.4, -0.2) is 27.0 Å². The molecule has 0 bridgehead atoms. The molecule has 5 nitrogen and oxygen atoms in total. The normalized spacial score (nSPS) is 11.8. The minimum Gasteiger partial charge on any atom is -0.337 e. The van der Waals surface area contributed by atoms with Gasteiger partial charge in [-0.15, -0.1) is 0 Å². The van der Waals surface area contributed by atoms with Crippen LogP contribution in [0.5, 0.6) is 0 Å². The van der Waals surface area contributed by atoms with E-state index in [0.717, 1.165) is 22.4 Å². The zero-order valence-corrected chi connectivity index (χ0v) is 18.5. The van der Waals surface area contributed by atoms with E-state index >= 15 is 0 Å². The highest BCUT2D eigenvalue weighted by molar-refractivity contribution is 7.22. The Bertz CT molecular complexity index is 1250. The summed E-state index contributed by atoms with van der Waals surface area (Å²) in [5, 5.41) is 0.972. The van der Waals surface area contributed by atoms with Crippen molar-refractivity contribution in [2.75, 3.05) is 11.4 Å². The summed E-state index contributed by atoms with van der Waals surface area (Å²) in [6.45, 7) is 2.75. The molecular formula is C22H18ClF3N4OS. The fourth-order valence-electron chi connectivity index (χ4n) is 3.36. The highest BCUT2D eigenvalue weighted by atomic mass is 35.5. The number of thiazole rings is 1. The van der Waals surface area contributed by atoms with E-state index in [1.54, 1.807) is 24.7 Å². The van der Waals surface area contributed by atoms with Gasteiger partial charge in [-0.05, 0) is 49.2 Å². The molecule has 1 amide bonds. The lowest BCUT2D eigenvalue weighted by molar-refractivity contribution is -0.137. The number of hydrogen-bond donors (Lipinski definition) is 0. The summed E-state index contributed by atoms with van der Waals surface area (Å²) in [5.41, 5.74) is 0.663. The maximum Gasteiger partial charge on any atom is 0.416 e. The summed E-state index contributed by atoms with van der Waals surface area (Å²) in [5.74, 6) is -0.537. The molecule has 4 rings (SSSR count). The van der Waals surface area contributed by atoms with Crippen molar-refractivity contribution in [2.24, 2.45) is 0 Å². The number of hydrogen-bond acceptors (Lipinski definition) is 4. The largest absolute Gasteiger partial charge is 0.416 e. The first-order chi connectivity index (χ1) is 15.2. The number of nitrogens with zero attached hydrogens (tertiary/aromatic N) is 4. The average Bonchev–Trinajstić information content (AvgIpc) is 3.40. The number of rotatable bonds is 6. The molecule has 0 aliphatic rings. The molecule has 32 heavy (non-hydrogen) atoms. The van der Waals surface area contributed by atoms with Crippen molar-refractivity contribution in [1.82, 2.24) is 14.5 Å². The number of aromatic nitrogens is 3. The number of aryl methyl sites for hydroxylation is 2. The maximum absolute atomic E-state index is 13.3. The standard InChI is InChI=1S/C22H18ClF3N4OS/c1-14-10-17(23)12-18-19(14)28-21(32-18)30(8-3-7-29-9-6-27-13-29)20(31)15-4-2-5-16(11-15)22(24,25)26/h2,4-6,9-13H,3,7-8H2,1H3. The van der Waals surface area contributed by atoms with Gasteiger partial charge in [0.05, 0.1) is 22.1 Å². The summed E-state index contributed by atoms with van der Waals surface area (Å²) in [6.07, 6.45) is 1.17. The Labute approximate surface area is 191 Å². The van der Waals surface area contributed by atoms with Gasteiger partial charge < -0.3 is 4.57 Å². The number of carbonyl (C=O) groups excluding carboxylic acids is 1. The van der Waals surface area contributed by atoms with Crippen molar-refractivity contribution in [2.45, 2.75) is 26.1 Å². The van der Waals surface area contributed by atoms with E-state index in [2.05, 4.69) is 9.97 Å². The predicted molar refractivity (Wildman–Crippen MR) is 119 cm³/mol. The monoisotopic (exact) mass is 478 g/mol. The molecule has 0 aliphatic heterocycles. The fraction of sp³-hybridized carbons (Fsp3) is 0.227. The van der Waals surface area contributed by atoms with Crippen molar-refractivity contribution in [3.8, 4) is 0 Å². The Hall–Kier alpha value is -2.91. The van der Waals surface area contributed by atoms with Gasteiger partial charge in [-0.2, -0.15) is 13.2 Å². The van der Waals surface area contributed by atoms with Gasteiger partial charge in [0.2, 0.25) is 0 Å². The van der Waals surface area contributed by atoms with Gasteiger partial charge >= 0.3 is 6.18 Å². The molecule has 0 spiro atoms. The lowest BCUT2D eigenvalue weighted by atomic mass is 10.1. The highest BCUT2D eigenvalue weighted by Gasteiger charge is 2.31. The quantitative estimate of drug-likeness (QED) is 0.331. The van der Waals surface area contributed by atoms with Gasteiger partial charge in [-0.3, -0.25) is 9.69 Å². The van der Waals surface area contributed by atoms with Crippen LogP contribution in [0.4, 0.5) is 18.3 Å². The number of amides is 1. The van der Waals surface area contributed by atoms with Gasteiger partial charge in [-0.25, -0.2) is 9.97 Å². The Balaban J connectivity index is 1.69. The second-order valence-electron chi connectivity index (χ2n) is 7.26. The lowest BCUT2D eigenvalue weighted by Gasteiger charge is -2.20. The zero-order valence-electron chi connectivity index (χ0n) is 16.9. The van der Waals surface area contributed by atoms with Crippen LogP contribution in [0.1, 0.15) is 27.9 Å². The first-order valence-corrected chi connectivity index (χ1v) is 10.9. The molecule has 0 saturated heterocycles. The number of fused-ring (bicyclic) bond motifs is 1.